The second kappa shape index (κ2) is 14.7. The van der Waals surface area contributed by atoms with Gasteiger partial charge in [-0.25, -0.2) is 9.97 Å². The average molecular weight is 793 g/mol. The van der Waals surface area contributed by atoms with Crippen LogP contribution in [0, 0.1) is 0 Å². The third-order valence-corrected chi connectivity index (χ3v) is 11.9. The fourth-order valence-corrected chi connectivity index (χ4v) is 8.85. The number of hydrogen-bond donors (Lipinski definition) is 0. The zero-order valence-corrected chi connectivity index (χ0v) is 33.5. The van der Waals surface area contributed by atoms with Crippen LogP contribution in [0.1, 0.15) is 0 Å². The maximum atomic E-state index is 6.47. The summed E-state index contributed by atoms with van der Waals surface area (Å²) in [4.78, 5) is 10.7. The molecular weight excluding hydrogens is 757 g/mol. The highest BCUT2D eigenvalue weighted by Crippen LogP contribution is 2.40. The minimum Gasteiger partial charge on any atom is -0.455 e. The van der Waals surface area contributed by atoms with Crippen molar-refractivity contribution in [1.29, 1.82) is 0 Å². The summed E-state index contributed by atoms with van der Waals surface area (Å²) in [5.74, 6) is 0. The maximum Gasteiger partial charge on any atom is 0.143 e. The molecule has 62 heavy (non-hydrogen) atoms. The second-order valence-corrected chi connectivity index (χ2v) is 15.7. The van der Waals surface area contributed by atoms with Crippen molar-refractivity contribution in [3.8, 4) is 78.4 Å². The minimum absolute atomic E-state index is 0.786. The van der Waals surface area contributed by atoms with Gasteiger partial charge in [0.1, 0.15) is 22.3 Å². The minimum atomic E-state index is 0.786. The lowest BCUT2D eigenvalue weighted by Gasteiger charge is -2.14. The molecule has 4 aromatic heterocycles. The number of aromatic nitrogens is 2. The first kappa shape index (κ1) is 35.6. The third kappa shape index (κ3) is 6.25. The predicted molar refractivity (Wildman–Crippen MR) is 255 cm³/mol. The van der Waals surface area contributed by atoms with Crippen LogP contribution in [0.3, 0.4) is 0 Å². The topological polar surface area (TPSA) is 52.1 Å². The van der Waals surface area contributed by atoms with Gasteiger partial charge in [0.25, 0.3) is 0 Å². The van der Waals surface area contributed by atoms with E-state index >= 15 is 0 Å². The average Bonchev–Trinajstić information content (AvgIpc) is 3.93. The highest BCUT2D eigenvalue weighted by Gasteiger charge is 2.17. The van der Waals surface area contributed by atoms with Crippen LogP contribution in [0.4, 0.5) is 0 Å². The Balaban J connectivity index is 1.02. The summed E-state index contributed by atoms with van der Waals surface area (Å²) < 4.78 is 12.9. The van der Waals surface area contributed by atoms with Crippen molar-refractivity contribution in [2.75, 3.05) is 0 Å². The molecule has 12 aromatic rings. The van der Waals surface area contributed by atoms with Gasteiger partial charge in [-0.3, -0.25) is 0 Å². The van der Waals surface area contributed by atoms with Crippen molar-refractivity contribution in [3.63, 3.8) is 0 Å². The van der Waals surface area contributed by atoms with Gasteiger partial charge in [-0.1, -0.05) is 170 Å². The first-order valence-corrected chi connectivity index (χ1v) is 20.9. The summed E-state index contributed by atoms with van der Waals surface area (Å²) in [5.41, 5.74) is 17.4. The quantitative estimate of drug-likeness (QED) is 0.161. The number of benzene rings is 8. The Morgan fingerprint density at radius 3 is 1.06 bits per heavy atom. The van der Waals surface area contributed by atoms with Gasteiger partial charge in [-0.15, -0.1) is 0 Å². The molecule has 0 aliphatic carbocycles. The number of hydrogen-bond acceptors (Lipinski definition) is 4. The van der Waals surface area contributed by atoms with Crippen LogP contribution in [0.5, 0.6) is 0 Å². The molecule has 4 nitrogen and oxygen atoms in total. The Morgan fingerprint density at radius 2 is 0.597 bits per heavy atom. The lowest BCUT2D eigenvalue weighted by Crippen LogP contribution is -1.96. The Morgan fingerprint density at radius 1 is 0.242 bits per heavy atom. The molecule has 0 N–H and O–H groups in total. The van der Waals surface area contributed by atoms with Crippen LogP contribution in [0.25, 0.3) is 122 Å². The molecular formula is C58H36N2O2. The third-order valence-electron chi connectivity index (χ3n) is 11.9. The molecule has 0 fully saturated rings. The number of para-hydroxylation sites is 4. The smallest absolute Gasteiger partial charge is 0.143 e. The Kier molecular flexibility index (Phi) is 8.46. The van der Waals surface area contributed by atoms with Crippen LogP contribution in [0.2, 0.25) is 0 Å². The Labute approximate surface area is 358 Å². The lowest BCUT2D eigenvalue weighted by molar-refractivity contribution is 0.669. The van der Waals surface area contributed by atoms with E-state index in [-0.39, 0.29) is 0 Å². The number of pyridine rings is 2. The van der Waals surface area contributed by atoms with Crippen molar-refractivity contribution in [3.05, 3.63) is 218 Å². The molecule has 0 atom stereocenters. The molecule has 0 radical (unpaired) electrons. The summed E-state index contributed by atoms with van der Waals surface area (Å²) in [6, 6.07) is 76.1. The molecule has 290 valence electrons. The van der Waals surface area contributed by atoms with Gasteiger partial charge in [0.05, 0.1) is 22.8 Å². The zero-order valence-electron chi connectivity index (χ0n) is 33.5. The molecule has 0 aliphatic rings. The predicted octanol–water partition coefficient (Wildman–Crippen LogP) is 15.9. The molecule has 0 unspecified atom stereocenters. The van der Waals surface area contributed by atoms with Crippen molar-refractivity contribution in [2.45, 2.75) is 0 Å². The standard InChI is InChI=1S/C58H36N2O2/c1-3-15-37(16-4-1)51-33-43(39-19-11-21-41(31-39)45-25-13-27-49-47-23-7-9-29-55(47)61-57(45)49)35-53(59-51)54-36-44(34-52(60-54)38-17-5-2-6-18-38)40-20-12-22-42(32-40)46-26-14-28-50-48-24-8-10-30-56(48)62-58(46)50/h1-36H. The number of rotatable bonds is 7. The molecule has 8 aromatic carbocycles. The van der Waals surface area contributed by atoms with E-state index in [0.717, 1.165) is 122 Å². The molecule has 0 saturated carbocycles. The summed E-state index contributed by atoms with van der Waals surface area (Å²) in [6.45, 7) is 0. The van der Waals surface area contributed by atoms with E-state index in [1.807, 2.05) is 36.4 Å². The summed E-state index contributed by atoms with van der Waals surface area (Å²) in [5, 5.41) is 4.45. The van der Waals surface area contributed by atoms with E-state index in [2.05, 4.69) is 182 Å². The molecule has 4 heterocycles. The van der Waals surface area contributed by atoms with Crippen LogP contribution in [-0.2, 0) is 0 Å². The van der Waals surface area contributed by atoms with Crippen molar-refractivity contribution in [1.82, 2.24) is 9.97 Å². The summed E-state index contributed by atoms with van der Waals surface area (Å²) >= 11 is 0. The van der Waals surface area contributed by atoms with Crippen LogP contribution in [0.15, 0.2) is 227 Å². The van der Waals surface area contributed by atoms with E-state index < -0.39 is 0 Å². The van der Waals surface area contributed by atoms with Gasteiger partial charge in [0.15, 0.2) is 0 Å². The van der Waals surface area contributed by atoms with Gasteiger partial charge in [0.2, 0.25) is 0 Å². The highest BCUT2D eigenvalue weighted by molar-refractivity contribution is 6.10. The zero-order chi connectivity index (χ0) is 41.0. The van der Waals surface area contributed by atoms with Gasteiger partial charge in [0, 0.05) is 43.8 Å². The van der Waals surface area contributed by atoms with Crippen LogP contribution >= 0.6 is 0 Å². The first-order valence-electron chi connectivity index (χ1n) is 20.9. The second-order valence-electron chi connectivity index (χ2n) is 15.7. The number of nitrogens with zero attached hydrogens (tertiary/aromatic N) is 2. The molecule has 0 aliphatic heterocycles. The number of fused-ring (bicyclic) bond motifs is 6. The molecule has 0 spiro atoms. The SMILES string of the molecule is c1ccc(-c2cc(-c3cccc(-c4cccc5c4oc4ccccc45)c3)cc(-c3cc(-c4cccc(-c5cccc6c5oc5ccccc56)c4)cc(-c4ccccc4)n3)n2)cc1. The first-order chi connectivity index (χ1) is 30.7. The summed E-state index contributed by atoms with van der Waals surface area (Å²) in [7, 11) is 0. The van der Waals surface area contributed by atoms with Crippen LogP contribution < -0.4 is 0 Å². The largest absolute Gasteiger partial charge is 0.455 e. The monoisotopic (exact) mass is 792 g/mol. The van der Waals surface area contributed by atoms with E-state index in [4.69, 9.17) is 18.8 Å². The normalized spacial score (nSPS) is 11.5. The van der Waals surface area contributed by atoms with Gasteiger partial charge in [-0.05, 0) is 81.9 Å². The van der Waals surface area contributed by atoms with E-state index in [1.165, 1.54) is 0 Å². The number of furan rings is 2. The van der Waals surface area contributed by atoms with E-state index in [9.17, 15) is 0 Å². The fourth-order valence-electron chi connectivity index (χ4n) is 8.85. The van der Waals surface area contributed by atoms with Crippen molar-refractivity contribution in [2.24, 2.45) is 0 Å². The molecule has 12 rings (SSSR count). The van der Waals surface area contributed by atoms with Crippen molar-refractivity contribution >= 4 is 43.9 Å². The Hall–Kier alpha value is -8.34. The fraction of sp³-hybridized carbons (Fsp3) is 0. The lowest BCUT2D eigenvalue weighted by atomic mass is 9.95. The molecule has 4 heteroatoms. The van der Waals surface area contributed by atoms with Gasteiger partial charge in [-0.2, -0.15) is 0 Å². The van der Waals surface area contributed by atoms with Gasteiger partial charge < -0.3 is 8.83 Å². The van der Waals surface area contributed by atoms with Gasteiger partial charge >= 0.3 is 0 Å². The van der Waals surface area contributed by atoms with Crippen molar-refractivity contribution < 1.29 is 8.83 Å². The van der Waals surface area contributed by atoms with Crippen LogP contribution in [-0.4, -0.2) is 9.97 Å². The molecule has 0 saturated heterocycles. The van der Waals surface area contributed by atoms with E-state index in [1.54, 1.807) is 0 Å². The maximum absolute atomic E-state index is 6.47. The Bertz CT molecular complexity index is 3400. The van der Waals surface area contributed by atoms with E-state index in [0.29, 0.717) is 0 Å². The summed E-state index contributed by atoms with van der Waals surface area (Å²) in [6.07, 6.45) is 0. The molecule has 0 amide bonds. The molecule has 0 bridgehead atoms. The highest BCUT2D eigenvalue weighted by atomic mass is 16.3.